The number of thiophene rings is 1. The summed E-state index contributed by atoms with van der Waals surface area (Å²) in [5.41, 5.74) is 1.87. The van der Waals surface area contributed by atoms with Gasteiger partial charge in [-0.05, 0) is 55.0 Å². The highest BCUT2D eigenvalue weighted by Gasteiger charge is 2.20. The first kappa shape index (κ1) is 20.2. The van der Waals surface area contributed by atoms with Gasteiger partial charge in [0.2, 0.25) is 5.91 Å². The average molecular weight is 400 g/mol. The molecular weight excluding hydrogens is 370 g/mol. The van der Waals surface area contributed by atoms with Crippen LogP contribution < -0.4 is 20.9 Å². The smallest absolute Gasteiger partial charge is 0.221 e. The SMILES string of the molecule is CCNC(=NCc1cccc(NC(C)=O)c1)NC1CCN(c2cccs2)CC1. The van der Waals surface area contributed by atoms with E-state index in [9.17, 15) is 4.79 Å². The number of benzene rings is 1. The summed E-state index contributed by atoms with van der Waals surface area (Å²) >= 11 is 1.81. The quantitative estimate of drug-likeness (QED) is 0.514. The van der Waals surface area contributed by atoms with E-state index in [1.807, 2.05) is 24.3 Å². The lowest BCUT2D eigenvalue weighted by atomic mass is 10.1. The van der Waals surface area contributed by atoms with Crippen LogP contribution in [0.3, 0.4) is 0 Å². The Labute approximate surface area is 171 Å². The lowest BCUT2D eigenvalue weighted by molar-refractivity contribution is -0.114. The number of piperidine rings is 1. The van der Waals surface area contributed by atoms with Gasteiger partial charge in [-0.1, -0.05) is 12.1 Å². The Hall–Kier alpha value is -2.54. The van der Waals surface area contributed by atoms with Crippen molar-refractivity contribution in [3.05, 3.63) is 47.3 Å². The fraction of sp³-hybridized carbons (Fsp3) is 0.429. The molecule has 0 saturated carbocycles. The molecule has 0 bridgehead atoms. The fourth-order valence-electron chi connectivity index (χ4n) is 3.33. The molecule has 1 aliphatic rings. The van der Waals surface area contributed by atoms with Gasteiger partial charge in [0.25, 0.3) is 0 Å². The number of anilines is 2. The second-order valence-electron chi connectivity index (χ2n) is 6.93. The summed E-state index contributed by atoms with van der Waals surface area (Å²) in [6.07, 6.45) is 2.20. The molecule has 1 aromatic carbocycles. The maximum atomic E-state index is 11.2. The third kappa shape index (κ3) is 5.99. The molecule has 0 radical (unpaired) electrons. The van der Waals surface area contributed by atoms with Gasteiger partial charge in [0.05, 0.1) is 11.5 Å². The van der Waals surface area contributed by atoms with Crippen molar-refractivity contribution in [3.63, 3.8) is 0 Å². The highest BCUT2D eigenvalue weighted by molar-refractivity contribution is 7.14. The van der Waals surface area contributed by atoms with Gasteiger partial charge >= 0.3 is 0 Å². The molecule has 0 unspecified atom stereocenters. The third-order valence-corrected chi connectivity index (χ3v) is 5.59. The van der Waals surface area contributed by atoms with E-state index >= 15 is 0 Å². The number of guanidine groups is 1. The second kappa shape index (κ2) is 10.1. The molecule has 0 atom stereocenters. The summed E-state index contributed by atoms with van der Waals surface area (Å²) in [5, 5.41) is 13.2. The number of nitrogens with one attached hydrogen (secondary N) is 3. The molecular formula is C21H29N5OS. The molecule has 1 aromatic heterocycles. The summed E-state index contributed by atoms with van der Waals surface area (Å²) < 4.78 is 0. The maximum absolute atomic E-state index is 11.2. The summed E-state index contributed by atoms with van der Waals surface area (Å²) in [6.45, 7) is 7.12. The van der Waals surface area contributed by atoms with Gasteiger partial charge in [0.1, 0.15) is 0 Å². The Morgan fingerprint density at radius 3 is 2.75 bits per heavy atom. The largest absolute Gasteiger partial charge is 0.363 e. The van der Waals surface area contributed by atoms with E-state index in [4.69, 9.17) is 4.99 Å². The number of nitrogens with zero attached hydrogens (tertiary/aromatic N) is 2. The summed E-state index contributed by atoms with van der Waals surface area (Å²) in [6, 6.07) is 12.6. The first-order chi connectivity index (χ1) is 13.6. The first-order valence-electron chi connectivity index (χ1n) is 9.84. The van der Waals surface area contributed by atoms with E-state index in [1.54, 1.807) is 11.3 Å². The van der Waals surface area contributed by atoms with Crippen molar-refractivity contribution in [3.8, 4) is 0 Å². The lowest BCUT2D eigenvalue weighted by Crippen LogP contribution is -2.48. The van der Waals surface area contributed by atoms with Crippen molar-refractivity contribution in [2.24, 2.45) is 4.99 Å². The molecule has 3 rings (SSSR count). The molecule has 0 spiro atoms. The van der Waals surface area contributed by atoms with Crippen molar-refractivity contribution < 1.29 is 4.79 Å². The van der Waals surface area contributed by atoms with Crippen LogP contribution in [-0.2, 0) is 11.3 Å². The molecule has 150 valence electrons. The number of amides is 1. The zero-order valence-corrected chi connectivity index (χ0v) is 17.4. The fourth-order valence-corrected chi connectivity index (χ4v) is 4.11. The van der Waals surface area contributed by atoms with Crippen LogP contribution in [0.25, 0.3) is 0 Å². The Morgan fingerprint density at radius 1 is 1.25 bits per heavy atom. The molecule has 1 aliphatic heterocycles. The minimum atomic E-state index is -0.0652. The minimum absolute atomic E-state index is 0.0652. The van der Waals surface area contributed by atoms with Crippen LogP contribution in [0.2, 0.25) is 0 Å². The van der Waals surface area contributed by atoms with Gasteiger partial charge in [-0.25, -0.2) is 4.99 Å². The number of carbonyl (C=O) groups is 1. The zero-order chi connectivity index (χ0) is 19.8. The van der Waals surface area contributed by atoms with Crippen LogP contribution in [0.1, 0.15) is 32.3 Å². The van der Waals surface area contributed by atoms with Crippen molar-refractivity contribution >= 4 is 33.9 Å². The Balaban J connectivity index is 1.55. The van der Waals surface area contributed by atoms with Gasteiger partial charge in [0, 0.05) is 38.3 Å². The van der Waals surface area contributed by atoms with E-state index in [-0.39, 0.29) is 5.91 Å². The highest BCUT2D eigenvalue weighted by atomic mass is 32.1. The molecule has 1 saturated heterocycles. The van der Waals surface area contributed by atoms with E-state index in [2.05, 4.69) is 45.3 Å². The number of hydrogen-bond acceptors (Lipinski definition) is 4. The predicted molar refractivity (Wildman–Crippen MR) is 118 cm³/mol. The van der Waals surface area contributed by atoms with Gasteiger partial charge < -0.3 is 20.9 Å². The summed E-state index contributed by atoms with van der Waals surface area (Å²) in [5.74, 6) is 0.784. The molecule has 2 aromatic rings. The van der Waals surface area contributed by atoms with Gasteiger partial charge in [0.15, 0.2) is 5.96 Å². The topological polar surface area (TPSA) is 68.8 Å². The number of carbonyl (C=O) groups excluding carboxylic acids is 1. The van der Waals surface area contributed by atoms with E-state index in [1.165, 1.54) is 11.9 Å². The molecule has 0 aliphatic carbocycles. The third-order valence-electron chi connectivity index (χ3n) is 4.66. The predicted octanol–water partition coefficient (Wildman–Crippen LogP) is 3.43. The monoisotopic (exact) mass is 399 g/mol. The Kier molecular flexibility index (Phi) is 7.31. The Morgan fingerprint density at radius 2 is 2.07 bits per heavy atom. The molecule has 2 heterocycles. The van der Waals surface area contributed by atoms with Crippen molar-refractivity contribution in [2.45, 2.75) is 39.3 Å². The van der Waals surface area contributed by atoms with Gasteiger partial charge in [-0.2, -0.15) is 0 Å². The summed E-state index contributed by atoms with van der Waals surface area (Å²) in [4.78, 5) is 18.4. The number of hydrogen-bond donors (Lipinski definition) is 3. The Bertz CT molecular complexity index is 782. The van der Waals surface area contributed by atoms with E-state index in [0.717, 1.165) is 49.7 Å². The van der Waals surface area contributed by atoms with Crippen LogP contribution in [-0.4, -0.2) is 37.5 Å². The first-order valence-corrected chi connectivity index (χ1v) is 10.7. The van der Waals surface area contributed by atoms with Crippen LogP contribution in [0.15, 0.2) is 46.8 Å². The maximum Gasteiger partial charge on any atom is 0.221 e. The van der Waals surface area contributed by atoms with E-state index < -0.39 is 0 Å². The van der Waals surface area contributed by atoms with Crippen LogP contribution in [0.5, 0.6) is 0 Å². The number of aliphatic imine (C=N–C) groups is 1. The lowest BCUT2D eigenvalue weighted by Gasteiger charge is -2.33. The van der Waals surface area contributed by atoms with Crippen molar-refractivity contribution in [1.82, 2.24) is 10.6 Å². The standard InChI is InChI=1S/C21H29N5OS/c1-3-22-21(23-15-17-6-4-7-19(14-17)24-16(2)27)25-18-9-11-26(12-10-18)20-8-5-13-28-20/h4-8,13-14,18H,3,9-12,15H2,1-2H3,(H,24,27)(H2,22,23,25). The van der Waals surface area contributed by atoms with Crippen LogP contribution in [0.4, 0.5) is 10.7 Å². The molecule has 1 fully saturated rings. The van der Waals surface area contributed by atoms with Crippen molar-refractivity contribution in [1.29, 1.82) is 0 Å². The minimum Gasteiger partial charge on any atom is -0.363 e. The molecule has 1 amide bonds. The molecule has 6 nitrogen and oxygen atoms in total. The van der Waals surface area contributed by atoms with Crippen molar-refractivity contribution in [2.75, 3.05) is 29.9 Å². The van der Waals surface area contributed by atoms with Crippen LogP contribution in [0, 0.1) is 0 Å². The second-order valence-corrected chi connectivity index (χ2v) is 7.86. The van der Waals surface area contributed by atoms with Crippen LogP contribution >= 0.6 is 11.3 Å². The van der Waals surface area contributed by atoms with Gasteiger partial charge in [-0.15, -0.1) is 11.3 Å². The molecule has 3 N–H and O–H groups in total. The van der Waals surface area contributed by atoms with E-state index in [0.29, 0.717) is 12.6 Å². The van der Waals surface area contributed by atoms with Gasteiger partial charge in [-0.3, -0.25) is 4.79 Å². The highest BCUT2D eigenvalue weighted by Crippen LogP contribution is 2.24. The molecule has 7 heteroatoms. The normalized spacial score (nSPS) is 15.4. The average Bonchev–Trinajstić information content (AvgIpc) is 3.21. The molecule has 28 heavy (non-hydrogen) atoms. The zero-order valence-electron chi connectivity index (χ0n) is 16.6. The number of rotatable bonds is 6. The summed E-state index contributed by atoms with van der Waals surface area (Å²) in [7, 11) is 0.